The zero-order chi connectivity index (χ0) is 22.4. The lowest BCUT2D eigenvalue weighted by Gasteiger charge is -2.27. The lowest BCUT2D eigenvalue weighted by Crippen LogP contribution is -2.33. The molecular weight excluding hydrogens is 468 g/mol. The molecule has 0 radical (unpaired) electrons. The molecule has 3 aromatic heterocycles. The van der Waals surface area contributed by atoms with Crippen molar-refractivity contribution in [2.75, 3.05) is 17.2 Å². The average molecular weight is 487 g/mol. The highest BCUT2D eigenvalue weighted by atomic mass is 35.5. The third kappa shape index (κ3) is 3.76. The van der Waals surface area contributed by atoms with Gasteiger partial charge in [-0.05, 0) is 31.0 Å². The van der Waals surface area contributed by atoms with Crippen molar-refractivity contribution in [2.45, 2.75) is 18.9 Å². The van der Waals surface area contributed by atoms with Crippen LogP contribution in [0.2, 0.25) is 5.02 Å². The van der Waals surface area contributed by atoms with Crippen molar-refractivity contribution in [1.82, 2.24) is 24.1 Å². The van der Waals surface area contributed by atoms with Crippen molar-refractivity contribution in [3.8, 4) is 5.69 Å². The Morgan fingerprint density at radius 2 is 1.97 bits per heavy atom. The monoisotopic (exact) mass is 486 g/mol. The van der Waals surface area contributed by atoms with Crippen LogP contribution in [0.25, 0.3) is 11.2 Å². The van der Waals surface area contributed by atoms with Gasteiger partial charge in [0.2, 0.25) is 11.8 Å². The predicted octanol–water partition coefficient (Wildman–Crippen LogP) is 2.87. The molecule has 0 bridgehead atoms. The lowest BCUT2D eigenvalue weighted by molar-refractivity contribution is -0.384. The molecule has 1 aromatic carbocycles. The second-order valence-corrected chi connectivity index (χ2v) is 7.74. The van der Waals surface area contributed by atoms with Crippen molar-refractivity contribution in [3.05, 3.63) is 80.1 Å². The Bertz CT molecular complexity index is 1410. The summed E-state index contributed by atoms with van der Waals surface area (Å²) in [4.78, 5) is 34.3. The van der Waals surface area contributed by atoms with E-state index in [1.54, 1.807) is 29.3 Å². The predicted molar refractivity (Wildman–Crippen MR) is 129 cm³/mol. The Morgan fingerprint density at radius 1 is 1.21 bits per heavy atom. The topological polar surface area (TPSA) is 137 Å². The van der Waals surface area contributed by atoms with Crippen LogP contribution in [-0.2, 0) is 0 Å². The van der Waals surface area contributed by atoms with Crippen LogP contribution in [0.1, 0.15) is 24.7 Å². The molecule has 170 valence electrons. The number of nitrogen functional groups attached to an aromatic ring is 1. The second kappa shape index (κ2) is 8.71. The molecule has 11 nitrogen and oxygen atoms in total. The summed E-state index contributed by atoms with van der Waals surface area (Å²) in [6, 6.07) is 10.2. The molecule has 2 N–H and O–H groups in total. The Labute approximate surface area is 199 Å². The summed E-state index contributed by atoms with van der Waals surface area (Å²) < 4.78 is 2.94. The van der Waals surface area contributed by atoms with Crippen molar-refractivity contribution >= 4 is 48.1 Å². The quantitative estimate of drug-likeness (QED) is 0.343. The van der Waals surface area contributed by atoms with Gasteiger partial charge in [0.1, 0.15) is 11.7 Å². The molecule has 0 spiro atoms. The van der Waals surface area contributed by atoms with Gasteiger partial charge in [0, 0.05) is 12.7 Å². The maximum absolute atomic E-state index is 13.5. The summed E-state index contributed by atoms with van der Waals surface area (Å²) >= 11 is 6.26. The molecule has 1 atom stereocenters. The third-order valence-corrected chi connectivity index (χ3v) is 5.77. The molecule has 1 aliphatic heterocycles. The standard InChI is InChI=1S/C20H17ClN8O3.H2S/c21-13-8-10-27-16(13)19(30)28(12-5-2-1-3-6-12)18(25-27)14-7-4-9-26(14)17-15(29(31)32)11-23-20(22)24-17;/h1-3,5-6,8,10-11,14H,4,7,9H2,(H2,22,23,24);1H2/t14-;/m0./s1. The summed E-state index contributed by atoms with van der Waals surface area (Å²) in [5.74, 6) is 0.451. The summed E-state index contributed by atoms with van der Waals surface area (Å²) in [5, 5.41) is 16.6. The van der Waals surface area contributed by atoms with Crippen LogP contribution in [0.15, 0.2) is 53.6 Å². The maximum atomic E-state index is 13.5. The van der Waals surface area contributed by atoms with Crippen LogP contribution in [0.3, 0.4) is 0 Å². The third-order valence-electron chi connectivity index (χ3n) is 5.46. The Balaban J connectivity index is 0.00000259. The van der Waals surface area contributed by atoms with Crippen LogP contribution in [-0.4, -0.2) is 35.6 Å². The Hall–Kier alpha value is -3.64. The molecular formula is C20H19ClN8O3S. The molecule has 5 rings (SSSR count). The number of para-hydroxylation sites is 1. The fraction of sp³-hybridized carbons (Fsp3) is 0.200. The van der Waals surface area contributed by atoms with E-state index in [2.05, 4.69) is 9.97 Å². The molecule has 4 heterocycles. The van der Waals surface area contributed by atoms with Crippen molar-refractivity contribution in [2.24, 2.45) is 0 Å². The summed E-state index contributed by atoms with van der Waals surface area (Å²) in [6.45, 7) is 0.483. The number of anilines is 2. The van der Waals surface area contributed by atoms with Gasteiger partial charge in [-0.15, -0.1) is 0 Å². The van der Waals surface area contributed by atoms with Crippen LogP contribution >= 0.6 is 25.1 Å². The molecule has 33 heavy (non-hydrogen) atoms. The Kier molecular flexibility index (Phi) is 5.95. The van der Waals surface area contributed by atoms with E-state index in [9.17, 15) is 14.9 Å². The first-order chi connectivity index (χ1) is 15.5. The van der Waals surface area contributed by atoms with Crippen LogP contribution in [0.4, 0.5) is 17.5 Å². The minimum atomic E-state index is -0.545. The number of benzene rings is 1. The molecule has 4 aromatic rings. The van der Waals surface area contributed by atoms with Gasteiger partial charge in [-0.25, -0.2) is 9.50 Å². The highest BCUT2D eigenvalue weighted by molar-refractivity contribution is 7.59. The molecule has 0 amide bonds. The van der Waals surface area contributed by atoms with Gasteiger partial charge in [0.05, 0.1) is 21.7 Å². The molecule has 0 saturated carbocycles. The SMILES string of the molecule is Nc1ncc([N+](=O)[O-])c(N2CCC[C@H]2c2nn3ccc(Cl)c3c(=O)n2-c2ccccc2)n1.S. The van der Waals surface area contributed by atoms with E-state index >= 15 is 0 Å². The van der Waals surface area contributed by atoms with Crippen LogP contribution in [0.5, 0.6) is 0 Å². The number of rotatable bonds is 4. The van der Waals surface area contributed by atoms with E-state index in [0.717, 1.165) is 12.6 Å². The van der Waals surface area contributed by atoms with Crippen LogP contribution in [0, 0.1) is 10.1 Å². The fourth-order valence-corrected chi connectivity index (χ4v) is 4.32. The molecule has 1 saturated heterocycles. The number of aromatic nitrogens is 5. The number of hydrogen-bond acceptors (Lipinski definition) is 8. The van der Waals surface area contributed by atoms with Gasteiger partial charge in [-0.3, -0.25) is 19.5 Å². The van der Waals surface area contributed by atoms with Gasteiger partial charge < -0.3 is 10.6 Å². The van der Waals surface area contributed by atoms with E-state index in [0.29, 0.717) is 29.5 Å². The highest BCUT2D eigenvalue weighted by Gasteiger charge is 2.36. The first kappa shape index (κ1) is 22.6. The average Bonchev–Trinajstić information content (AvgIpc) is 3.41. The number of fused-ring (bicyclic) bond motifs is 1. The largest absolute Gasteiger partial charge is 0.368 e. The van der Waals surface area contributed by atoms with Crippen molar-refractivity contribution < 1.29 is 4.92 Å². The van der Waals surface area contributed by atoms with Gasteiger partial charge >= 0.3 is 5.69 Å². The van der Waals surface area contributed by atoms with E-state index in [-0.39, 0.29) is 42.0 Å². The molecule has 1 aliphatic rings. The zero-order valence-corrected chi connectivity index (χ0v) is 18.9. The summed E-state index contributed by atoms with van der Waals surface area (Å²) in [7, 11) is 0. The molecule has 0 unspecified atom stereocenters. The lowest BCUT2D eigenvalue weighted by atomic mass is 10.2. The smallest absolute Gasteiger partial charge is 0.329 e. The van der Waals surface area contributed by atoms with E-state index < -0.39 is 11.0 Å². The van der Waals surface area contributed by atoms with E-state index in [1.807, 2.05) is 18.2 Å². The summed E-state index contributed by atoms with van der Waals surface area (Å²) in [5.41, 5.74) is 6.01. The van der Waals surface area contributed by atoms with Gasteiger partial charge in [0.25, 0.3) is 5.56 Å². The summed E-state index contributed by atoms with van der Waals surface area (Å²) in [6.07, 6.45) is 4.05. The number of halogens is 1. The van der Waals surface area contributed by atoms with E-state index in [1.165, 1.54) is 9.08 Å². The van der Waals surface area contributed by atoms with Crippen LogP contribution < -0.4 is 16.2 Å². The molecule has 13 heteroatoms. The fourth-order valence-electron chi connectivity index (χ4n) is 4.10. The van der Waals surface area contributed by atoms with Gasteiger partial charge in [0.15, 0.2) is 5.82 Å². The minimum Gasteiger partial charge on any atom is -0.368 e. The number of nitro groups is 1. The molecule has 0 aliphatic carbocycles. The molecule has 1 fully saturated rings. The van der Waals surface area contributed by atoms with Crippen molar-refractivity contribution in [3.63, 3.8) is 0 Å². The first-order valence-corrected chi connectivity index (χ1v) is 10.2. The van der Waals surface area contributed by atoms with Gasteiger partial charge in [-0.2, -0.15) is 23.6 Å². The van der Waals surface area contributed by atoms with Crippen molar-refractivity contribution in [1.29, 1.82) is 0 Å². The first-order valence-electron chi connectivity index (χ1n) is 9.84. The van der Waals surface area contributed by atoms with E-state index in [4.69, 9.17) is 22.4 Å². The highest BCUT2D eigenvalue weighted by Crippen LogP contribution is 2.39. The number of nitrogens with zero attached hydrogens (tertiary/aromatic N) is 7. The normalized spacial score (nSPS) is 15.5. The zero-order valence-electron chi connectivity index (χ0n) is 17.1. The Morgan fingerprint density at radius 3 is 2.70 bits per heavy atom. The van der Waals surface area contributed by atoms with Gasteiger partial charge in [-0.1, -0.05) is 29.8 Å². The minimum absolute atomic E-state index is 0. The number of hydrogen-bond donors (Lipinski definition) is 1. The maximum Gasteiger partial charge on any atom is 0.329 e. The number of nitrogens with two attached hydrogens (primary N) is 1. The second-order valence-electron chi connectivity index (χ2n) is 7.34.